The van der Waals surface area contributed by atoms with Gasteiger partial charge in [0.15, 0.2) is 0 Å². The van der Waals surface area contributed by atoms with E-state index in [4.69, 9.17) is 0 Å². The monoisotopic (exact) mass is 181 g/mol. The molecule has 0 fully saturated rings. The summed E-state index contributed by atoms with van der Waals surface area (Å²) >= 11 is 1.62. The van der Waals surface area contributed by atoms with E-state index in [1.807, 2.05) is 29.8 Å². The second-order valence-electron chi connectivity index (χ2n) is 2.28. The van der Waals surface area contributed by atoms with Gasteiger partial charge in [-0.1, -0.05) is 0 Å². The maximum Gasteiger partial charge on any atom is 0.243 e. The standard InChI is InChI=1S/C9H11NOS/c1-2-10-9(11)4-3-8-5-6-12-7-8/h3-7H,2H2,1H3,(H,10,11)/b4-3+. The molecule has 0 spiro atoms. The normalized spacial score (nSPS) is 10.4. The Balaban J connectivity index is 2.45. The molecule has 12 heavy (non-hydrogen) atoms. The molecule has 0 unspecified atom stereocenters. The fraction of sp³-hybridized carbons (Fsp3) is 0.222. The molecule has 0 saturated carbocycles. The molecule has 0 aromatic carbocycles. The van der Waals surface area contributed by atoms with E-state index in [2.05, 4.69) is 5.32 Å². The molecule has 0 aliphatic heterocycles. The first-order valence-corrected chi connectivity index (χ1v) is 4.75. The number of rotatable bonds is 3. The van der Waals surface area contributed by atoms with Crippen LogP contribution in [0.3, 0.4) is 0 Å². The number of amides is 1. The number of carbonyl (C=O) groups is 1. The van der Waals surface area contributed by atoms with Gasteiger partial charge in [0.25, 0.3) is 0 Å². The van der Waals surface area contributed by atoms with Crippen molar-refractivity contribution in [3.8, 4) is 0 Å². The largest absolute Gasteiger partial charge is 0.353 e. The van der Waals surface area contributed by atoms with Crippen molar-refractivity contribution in [2.75, 3.05) is 6.54 Å². The van der Waals surface area contributed by atoms with Crippen LogP contribution in [0.15, 0.2) is 22.9 Å². The Morgan fingerprint density at radius 1 is 1.75 bits per heavy atom. The van der Waals surface area contributed by atoms with E-state index in [0.717, 1.165) is 5.56 Å². The van der Waals surface area contributed by atoms with Gasteiger partial charge in [-0.25, -0.2) is 0 Å². The van der Waals surface area contributed by atoms with Crippen LogP contribution in [0, 0.1) is 0 Å². The van der Waals surface area contributed by atoms with Crippen molar-refractivity contribution in [1.29, 1.82) is 0 Å². The van der Waals surface area contributed by atoms with Crippen LogP contribution in [0.1, 0.15) is 12.5 Å². The first kappa shape index (κ1) is 9.00. The number of nitrogens with one attached hydrogen (secondary N) is 1. The molecule has 64 valence electrons. The predicted octanol–water partition coefficient (Wildman–Crippen LogP) is 1.90. The molecule has 3 heteroatoms. The van der Waals surface area contributed by atoms with E-state index < -0.39 is 0 Å². The van der Waals surface area contributed by atoms with E-state index in [-0.39, 0.29) is 5.91 Å². The summed E-state index contributed by atoms with van der Waals surface area (Å²) in [6.45, 7) is 2.57. The number of likely N-dealkylation sites (N-methyl/N-ethyl adjacent to an activating group) is 1. The fourth-order valence-electron chi connectivity index (χ4n) is 0.775. The number of hydrogen-bond donors (Lipinski definition) is 1. The van der Waals surface area contributed by atoms with Crippen LogP contribution in [0.5, 0.6) is 0 Å². The van der Waals surface area contributed by atoms with E-state index in [9.17, 15) is 4.79 Å². The highest BCUT2D eigenvalue weighted by atomic mass is 32.1. The zero-order valence-corrected chi connectivity index (χ0v) is 7.73. The van der Waals surface area contributed by atoms with E-state index in [0.29, 0.717) is 6.54 Å². The van der Waals surface area contributed by atoms with E-state index in [1.54, 1.807) is 17.4 Å². The zero-order chi connectivity index (χ0) is 8.81. The quantitative estimate of drug-likeness (QED) is 0.709. The van der Waals surface area contributed by atoms with Gasteiger partial charge >= 0.3 is 0 Å². The molecule has 1 heterocycles. The van der Waals surface area contributed by atoms with Crippen LogP contribution < -0.4 is 5.32 Å². The SMILES string of the molecule is CCNC(=O)/C=C/c1ccsc1. The number of thiophene rings is 1. The molecular formula is C9H11NOS. The third-order valence-corrected chi connectivity index (χ3v) is 2.02. The molecule has 1 aromatic heterocycles. The van der Waals surface area contributed by atoms with Gasteiger partial charge in [-0.15, -0.1) is 0 Å². The molecular weight excluding hydrogens is 170 g/mol. The summed E-state index contributed by atoms with van der Waals surface area (Å²) in [6.07, 6.45) is 3.35. The molecule has 0 aliphatic rings. The highest BCUT2D eigenvalue weighted by molar-refractivity contribution is 7.08. The van der Waals surface area contributed by atoms with Gasteiger partial charge in [0.1, 0.15) is 0 Å². The Labute approximate surface area is 75.9 Å². The van der Waals surface area contributed by atoms with E-state index >= 15 is 0 Å². The number of hydrogen-bond acceptors (Lipinski definition) is 2. The van der Waals surface area contributed by atoms with Crippen molar-refractivity contribution in [3.63, 3.8) is 0 Å². The molecule has 0 atom stereocenters. The van der Waals surface area contributed by atoms with Crippen molar-refractivity contribution in [2.24, 2.45) is 0 Å². The minimum atomic E-state index is -0.0382. The fourth-order valence-corrected chi connectivity index (χ4v) is 1.40. The first-order chi connectivity index (χ1) is 5.83. The topological polar surface area (TPSA) is 29.1 Å². The summed E-state index contributed by atoms with van der Waals surface area (Å²) in [5, 5.41) is 6.66. The maximum absolute atomic E-state index is 10.9. The van der Waals surface area contributed by atoms with Crippen LogP contribution >= 0.6 is 11.3 Å². The van der Waals surface area contributed by atoms with Crippen LogP contribution in [0.2, 0.25) is 0 Å². The van der Waals surface area contributed by atoms with Gasteiger partial charge < -0.3 is 5.32 Å². The summed E-state index contributed by atoms with van der Waals surface area (Å²) in [7, 11) is 0. The Bertz CT molecular complexity index is 264. The van der Waals surface area contributed by atoms with Crippen molar-refractivity contribution >= 4 is 23.3 Å². The van der Waals surface area contributed by atoms with Crippen LogP contribution in [-0.4, -0.2) is 12.5 Å². The molecule has 1 amide bonds. The average molecular weight is 181 g/mol. The minimum Gasteiger partial charge on any atom is -0.353 e. The summed E-state index contributed by atoms with van der Waals surface area (Å²) in [5.74, 6) is -0.0382. The summed E-state index contributed by atoms with van der Waals surface area (Å²) in [4.78, 5) is 10.9. The molecule has 2 nitrogen and oxygen atoms in total. The lowest BCUT2D eigenvalue weighted by Gasteiger charge is -1.92. The molecule has 1 aromatic rings. The molecule has 0 saturated heterocycles. The van der Waals surface area contributed by atoms with Crippen LogP contribution in [0.4, 0.5) is 0 Å². The number of carbonyl (C=O) groups excluding carboxylic acids is 1. The molecule has 1 N–H and O–H groups in total. The average Bonchev–Trinajstić information content (AvgIpc) is 2.53. The van der Waals surface area contributed by atoms with Crippen LogP contribution in [-0.2, 0) is 4.79 Å². The van der Waals surface area contributed by atoms with E-state index in [1.165, 1.54) is 0 Å². The summed E-state index contributed by atoms with van der Waals surface area (Å²) < 4.78 is 0. The Morgan fingerprint density at radius 2 is 2.58 bits per heavy atom. The van der Waals surface area contributed by atoms with Crippen molar-refractivity contribution < 1.29 is 4.79 Å². The van der Waals surface area contributed by atoms with Gasteiger partial charge in [-0.05, 0) is 35.4 Å². The Kier molecular flexibility index (Phi) is 3.54. The Morgan fingerprint density at radius 3 is 3.17 bits per heavy atom. The van der Waals surface area contributed by atoms with Crippen LogP contribution in [0.25, 0.3) is 6.08 Å². The summed E-state index contributed by atoms with van der Waals surface area (Å²) in [6, 6.07) is 1.97. The molecule has 0 aliphatic carbocycles. The third kappa shape index (κ3) is 2.88. The van der Waals surface area contributed by atoms with Gasteiger partial charge in [-0.2, -0.15) is 11.3 Å². The lowest BCUT2D eigenvalue weighted by atomic mass is 10.3. The van der Waals surface area contributed by atoms with Crippen molar-refractivity contribution in [2.45, 2.75) is 6.92 Å². The van der Waals surface area contributed by atoms with Gasteiger partial charge in [0, 0.05) is 12.6 Å². The second-order valence-corrected chi connectivity index (χ2v) is 3.06. The lowest BCUT2D eigenvalue weighted by molar-refractivity contribution is -0.116. The Hall–Kier alpha value is -1.09. The van der Waals surface area contributed by atoms with Gasteiger partial charge in [0.05, 0.1) is 0 Å². The first-order valence-electron chi connectivity index (χ1n) is 3.81. The highest BCUT2D eigenvalue weighted by Crippen LogP contribution is 2.06. The van der Waals surface area contributed by atoms with Crippen molar-refractivity contribution in [1.82, 2.24) is 5.32 Å². The smallest absolute Gasteiger partial charge is 0.243 e. The second kappa shape index (κ2) is 4.72. The molecule has 0 radical (unpaired) electrons. The molecule has 0 bridgehead atoms. The molecule has 1 rings (SSSR count). The zero-order valence-electron chi connectivity index (χ0n) is 6.91. The van der Waals surface area contributed by atoms with Gasteiger partial charge in [-0.3, -0.25) is 4.79 Å². The predicted molar refractivity (Wildman–Crippen MR) is 52.0 cm³/mol. The lowest BCUT2D eigenvalue weighted by Crippen LogP contribution is -2.19. The van der Waals surface area contributed by atoms with Crippen molar-refractivity contribution in [3.05, 3.63) is 28.5 Å². The highest BCUT2D eigenvalue weighted by Gasteiger charge is 1.90. The maximum atomic E-state index is 10.9. The summed E-state index contributed by atoms with van der Waals surface area (Å²) in [5.41, 5.74) is 1.08. The van der Waals surface area contributed by atoms with Gasteiger partial charge in [0.2, 0.25) is 5.91 Å². The third-order valence-electron chi connectivity index (χ3n) is 1.32. The minimum absolute atomic E-state index is 0.0382.